The molecule has 8 heteroatoms. The van der Waals surface area contributed by atoms with E-state index >= 15 is 0 Å². The van der Waals surface area contributed by atoms with Crippen LogP contribution in [0.5, 0.6) is 0 Å². The Morgan fingerprint density at radius 2 is 0.862 bits per heavy atom. The maximum atomic E-state index is 4.75. The van der Waals surface area contributed by atoms with Gasteiger partial charge in [-0.2, -0.15) is 9.59 Å². The smallest absolute Gasteiger partial charge is 0.113 e. The fraction of sp³-hybridized carbons (Fsp3) is 0.0400. The molecule has 274 valence electrons. The van der Waals surface area contributed by atoms with Crippen LogP contribution in [-0.2, 0) is 0 Å². The van der Waals surface area contributed by atoms with E-state index in [4.69, 9.17) is 20.4 Å². The van der Waals surface area contributed by atoms with Crippen molar-refractivity contribution in [2.24, 2.45) is 0 Å². The first-order valence-corrected chi connectivity index (χ1v) is 19.6. The fourth-order valence-electron chi connectivity index (χ4n) is 8.96. The monoisotopic (exact) mass is 746 g/mol. The standard InChI is InChI=1S/C50H34N8/c1-2-12-33(13-3-1)56-48-32-38(30-31-43(48)49-41-16-6-4-14-39(41)40-15-5-7-17-42(40)50(49)56)55(34-22-26-36(27-23-34)57-51-44-18-8-9-19-45(44)52-57)35-24-28-37(29-25-35)58-53-46-20-10-11-21-47(46)54-58/h1-32,43,48H. The van der Waals surface area contributed by atoms with Crippen LogP contribution in [0.1, 0.15) is 11.5 Å². The molecule has 2 aromatic heterocycles. The summed E-state index contributed by atoms with van der Waals surface area (Å²) in [4.78, 5) is 8.32. The van der Waals surface area contributed by atoms with Gasteiger partial charge < -0.3 is 9.80 Å². The zero-order chi connectivity index (χ0) is 38.2. The number of benzene rings is 8. The van der Waals surface area contributed by atoms with Crippen LogP contribution in [0.4, 0.5) is 22.7 Å². The summed E-state index contributed by atoms with van der Waals surface area (Å²) in [7, 11) is 0. The van der Waals surface area contributed by atoms with E-state index in [0.29, 0.717) is 0 Å². The van der Waals surface area contributed by atoms with Crippen molar-refractivity contribution in [2.75, 3.05) is 9.80 Å². The minimum Gasteiger partial charge on any atom is -0.333 e. The van der Waals surface area contributed by atoms with E-state index in [1.54, 1.807) is 9.59 Å². The average Bonchev–Trinajstić information content (AvgIpc) is 4.02. The zero-order valence-corrected chi connectivity index (χ0v) is 31.2. The molecule has 2 atom stereocenters. The molecule has 1 aliphatic heterocycles. The number of fused-ring (bicyclic) bond motifs is 10. The largest absolute Gasteiger partial charge is 0.333 e. The maximum Gasteiger partial charge on any atom is 0.113 e. The lowest BCUT2D eigenvalue weighted by atomic mass is 9.85. The lowest BCUT2D eigenvalue weighted by molar-refractivity contribution is 0.738. The van der Waals surface area contributed by atoms with Gasteiger partial charge in [0.25, 0.3) is 0 Å². The molecule has 0 saturated heterocycles. The second kappa shape index (κ2) is 12.9. The summed E-state index contributed by atoms with van der Waals surface area (Å²) < 4.78 is 0. The lowest BCUT2D eigenvalue weighted by Crippen LogP contribution is -2.31. The zero-order valence-electron chi connectivity index (χ0n) is 31.2. The van der Waals surface area contributed by atoms with Crippen molar-refractivity contribution in [1.82, 2.24) is 30.0 Å². The predicted octanol–water partition coefficient (Wildman–Crippen LogP) is 11.4. The van der Waals surface area contributed by atoms with Crippen LogP contribution in [0.2, 0.25) is 0 Å². The first kappa shape index (κ1) is 32.4. The van der Waals surface area contributed by atoms with Gasteiger partial charge in [0.2, 0.25) is 0 Å². The van der Waals surface area contributed by atoms with Gasteiger partial charge in [-0.25, -0.2) is 0 Å². The molecule has 8 nitrogen and oxygen atoms in total. The third-order valence-corrected chi connectivity index (χ3v) is 11.5. The van der Waals surface area contributed by atoms with Gasteiger partial charge in [-0.05, 0) is 119 Å². The normalized spacial score (nSPS) is 15.9. The van der Waals surface area contributed by atoms with Gasteiger partial charge in [0.1, 0.15) is 22.1 Å². The van der Waals surface area contributed by atoms with Crippen molar-refractivity contribution < 1.29 is 0 Å². The Morgan fingerprint density at radius 3 is 1.40 bits per heavy atom. The van der Waals surface area contributed by atoms with Crippen LogP contribution in [0.3, 0.4) is 0 Å². The highest BCUT2D eigenvalue weighted by Gasteiger charge is 2.41. The number of rotatable bonds is 6. The fourth-order valence-corrected chi connectivity index (χ4v) is 8.96. The van der Waals surface area contributed by atoms with Crippen molar-refractivity contribution >= 4 is 66.4 Å². The molecule has 0 N–H and O–H groups in total. The summed E-state index contributed by atoms with van der Waals surface area (Å²) in [6.45, 7) is 0. The molecule has 58 heavy (non-hydrogen) atoms. The average molecular weight is 747 g/mol. The summed E-state index contributed by atoms with van der Waals surface area (Å²) in [5.74, 6) is 0.139. The molecular weight excluding hydrogens is 713 g/mol. The molecule has 12 rings (SSSR count). The minimum atomic E-state index is 0.0223. The number of hydrogen-bond donors (Lipinski definition) is 0. The number of para-hydroxylation sites is 1. The molecule has 8 aromatic carbocycles. The highest BCUT2D eigenvalue weighted by molar-refractivity contribution is 6.17. The maximum absolute atomic E-state index is 4.75. The Hall–Kier alpha value is -7.84. The highest BCUT2D eigenvalue weighted by atomic mass is 15.5. The summed E-state index contributed by atoms with van der Waals surface area (Å²) >= 11 is 0. The highest BCUT2D eigenvalue weighted by Crippen LogP contribution is 2.55. The Bertz CT molecular complexity index is 3070. The number of nitrogens with zero attached hydrogens (tertiary/aromatic N) is 8. The molecule has 0 radical (unpaired) electrons. The van der Waals surface area contributed by atoms with E-state index in [9.17, 15) is 0 Å². The Kier molecular flexibility index (Phi) is 7.19. The van der Waals surface area contributed by atoms with Gasteiger partial charge in [0.05, 0.1) is 23.1 Å². The van der Waals surface area contributed by atoms with Crippen LogP contribution >= 0.6 is 0 Å². The molecule has 0 amide bonds. The molecule has 1 aliphatic carbocycles. The van der Waals surface area contributed by atoms with Gasteiger partial charge >= 0.3 is 0 Å². The number of anilines is 4. The van der Waals surface area contributed by atoms with Gasteiger partial charge in [0, 0.05) is 34.1 Å². The quantitative estimate of drug-likeness (QED) is 0.158. The summed E-state index contributed by atoms with van der Waals surface area (Å²) in [5.41, 5.74) is 12.1. The second-order valence-electron chi connectivity index (χ2n) is 14.9. The minimum absolute atomic E-state index is 0.0223. The Balaban J connectivity index is 1.01. The van der Waals surface area contributed by atoms with Crippen LogP contribution in [-0.4, -0.2) is 36.0 Å². The number of allylic oxidation sites excluding steroid dienone is 1. The lowest BCUT2D eigenvalue weighted by Gasteiger charge is -2.34. The first-order valence-electron chi connectivity index (χ1n) is 19.6. The molecular formula is C50H34N8. The van der Waals surface area contributed by atoms with E-state index < -0.39 is 0 Å². The second-order valence-corrected chi connectivity index (χ2v) is 14.9. The number of hydrogen-bond acceptors (Lipinski definition) is 6. The van der Waals surface area contributed by atoms with Crippen molar-refractivity contribution in [3.8, 4) is 11.4 Å². The molecule has 0 spiro atoms. The SMILES string of the molecule is C1=CC2c3c(c4ccccc4c4ccccc34)N(c3ccccc3)C2C=C1N(c1ccc(-n2nc3ccccc3n2)cc1)c1ccc(-n2nc3ccccc3n2)cc1. The molecule has 0 saturated carbocycles. The number of aromatic nitrogens is 6. The van der Waals surface area contributed by atoms with Gasteiger partial charge in [-0.15, -0.1) is 20.4 Å². The van der Waals surface area contributed by atoms with Crippen LogP contribution in [0.25, 0.3) is 55.0 Å². The topological polar surface area (TPSA) is 67.9 Å². The Morgan fingerprint density at radius 1 is 0.414 bits per heavy atom. The molecule has 0 fully saturated rings. The van der Waals surface area contributed by atoms with Gasteiger partial charge in [0.15, 0.2) is 0 Å². The predicted molar refractivity (Wildman–Crippen MR) is 234 cm³/mol. The third-order valence-electron chi connectivity index (χ3n) is 11.5. The van der Waals surface area contributed by atoms with Crippen molar-refractivity contribution in [1.29, 1.82) is 0 Å². The van der Waals surface area contributed by atoms with E-state index in [1.807, 2.05) is 48.5 Å². The molecule has 10 aromatic rings. The first-order chi connectivity index (χ1) is 28.7. The summed E-state index contributed by atoms with van der Waals surface area (Å²) in [5, 5.41) is 24.1. The van der Waals surface area contributed by atoms with Crippen molar-refractivity contribution in [3.05, 3.63) is 205 Å². The van der Waals surface area contributed by atoms with Crippen LogP contribution in [0.15, 0.2) is 200 Å². The van der Waals surface area contributed by atoms with Crippen LogP contribution < -0.4 is 9.80 Å². The van der Waals surface area contributed by atoms with E-state index in [1.165, 1.54) is 38.5 Å². The molecule has 2 unspecified atom stereocenters. The van der Waals surface area contributed by atoms with Gasteiger partial charge in [-0.3, -0.25) is 0 Å². The van der Waals surface area contributed by atoms with E-state index in [0.717, 1.165) is 50.5 Å². The third kappa shape index (κ3) is 5.08. The molecule has 3 heterocycles. The Labute approximate surface area is 333 Å². The summed E-state index contributed by atoms with van der Waals surface area (Å²) in [6.07, 6.45) is 7.17. The molecule has 0 bridgehead atoms. The van der Waals surface area contributed by atoms with Crippen molar-refractivity contribution in [2.45, 2.75) is 12.0 Å². The van der Waals surface area contributed by atoms with Crippen molar-refractivity contribution in [3.63, 3.8) is 0 Å². The summed E-state index contributed by atoms with van der Waals surface area (Å²) in [6, 6.07) is 61.5. The van der Waals surface area contributed by atoms with Gasteiger partial charge in [-0.1, -0.05) is 97.1 Å². The van der Waals surface area contributed by atoms with Crippen LogP contribution in [0, 0.1) is 0 Å². The van der Waals surface area contributed by atoms with E-state index in [-0.39, 0.29) is 12.0 Å². The molecule has 2 aliphatic rings. The van der Waals surface area contributed by atoms with E-state index in [2.05, 4.69) is 155 Å².